The van der Waals surface area contributed by atoms with E-state index in [1.807, 2.05) is 59.5 Å². The number of ether oxygens (including phenoxy) is 1. The van der Waals surface area contributed by atoms with Crippen molar-refractivity contribution in [1.82, 2.24) is 4.31 Å². The third-order valence-electron chi connectivity index (χ3n) is 6.16. The molecule has 0 bridgehead atoms. The average Bonchev–Trinajstić information content (AvgIpc) is 2.92. The number of methoxy groups -OCH3 is 1. The fraction of sp³-hybridized carbons (Fsp3) is 0.308. The number of benzene rings is 3. The predicted octanol–water partition coefficient (Wildman–Crippen LogP) is 6.06. The Morgan fingerprint density at radius 2 is 1.79 bits per heavy atom. The normalized spacial score (nSPS) is 17.7. The minimum atomic E-state index is -3.91. The van der Waals surface area contributed by atoms with E-state index in [1.54, 1.807) is 17.5 Å². The molecule has 1 N–H and O–H groups in total. The number of hydrogen-bond acceptors (Lipinski definition) is 5. The van der Waals surface area contributed by atoms with E-state index < -0.39 is 10.0 Å². The zero-order valence-corrected chi connectivity index (χ0v) is 21.7. The van der Waals surface area contributed by atoms with Gasteiger partial charge in [-0.1, -0.05) is 50.1 Å². The fourth-order valence-corrected chi connectivity index (χ4v) is 6.49. The lowest BCUT2D eigenvalue weighted by atomic mass is 10.1. The maximum atomic E-state index is 14.1. The van der Waals surface area contributed by atoms with Crippen LogP contribution < -0.4 is 9.64 Å². The Morgan fingerprint density at radius 3 is 2.44 bits per heavy atom. The van der Waals surface area contributed by atoms with Crippen LogP contribution in [0.5, 0.6) is 11.5 Å². The molecule has 0 amide bonds. The van der Waals surface area contributed by atoms with Gasteiger partial charge in [-0.2, -0.15) is 4.31 Å². The molecule has 4 rings (SSSR count). The number of nitrogens with zero attached hydrogens (tertiary/aromatic N) is 2. The Morgan fingerprint density at radius 1 is 1.09 bits per heavy atom. The number of sulfonamides is 1. The van der Waals surface area contributed by atoms with Gasteiger partial charge in [-0.25, -0.2) is 8.42 Å². The summed E-state index contributed by atoms with van der Waals surface area (Å²) in [5, 5.41) is 10.4. The summed E-state index contributed by atoms with van der Waals surface area (Å²) in [6, 6.07) is 20.1. The standard InChI is InChI=1S/C26H29BrN2O4S/c1-3-4-8-21-18-28(20-9-6-5-7-10-20)24-15-23(27)25(30)16-26(24)34(31,32)29(21)17-19-11-13-22(33-2)14-12-19/h5-7,9-16,21,30H,3-4,8,17-18H2,1-2H3. The molecule has 1 heterocycles. The Balaban J connectivity index is 1.87. The van der Waals surface area contributed by atoms with Gasteiger partial charge in [-0.3, -0.25) is 0 Å². The SMILES string of the molecule is CCCCC1CN(c2ccccc2)c2cc(Br)c(O)cc2S(=O)(=O)N1Cc1ccc(OC)cc1. The van der Waals surface area contributed by atoms with E-state index in [2.05, 4.69) is 22.9 Å². The highest BCUT2D eigenvalue weighted by atomic mass is 79.9. The van der Waals surface area contributed by atoms with Crippen LogP contribution in [-0.4, -0.2) is 37.5 Å². The van der Waals surface area contributed by atoms with Crippen molar-refractivity contribution in [1.29, 1.82) is 0 Å². The number of para-hydroxylation sites is 1. The van der Waals surface area contributed by atoms with Crippen LogP contribution in [0, 0.1) is 0 Å². The first-order chi connectivity index (χ1) is 16.3. The molecule has 1 atom stereocenters. The monoisotopic (exact) mass is 544 g/mol. The average molecular weight is 545 g/mol. The van der Waals surface area contributed by atoms with Crippen LogP contribution in [0.15, 0.2) is 76.1 Å². The van der Waals surface area contributed by atoms with Crippen LogP contribution in [-0.2, 0) is 16.6 Å². The molecule has 180 valence electrons. The fourth-order valence-electron chi connectivity index (χ4n) is 4.32. The first kappa shape index (κ1) is 24.6. The van der Waals surface area contributed by atoms with Gasteiger partial charge in [0.1, 0.15) is 16.4 Å². The van der Waals surface area contributed by atoms with Crippen molar-refractivity contribution in [3.8, 4) is 11.5 Å². The smallest absolute Gasteiger partial charge is 0.245 e. The molecule has 0 aromatic heterocycles. The number of halogens is 1. The van der Waals surface area contributed by atoms with Crippen LogP contribution >= 0.6 is 15.9 Å². The van der Waals surface area contributed by atoms with Crippen LogP contribution in [0.25, 0.3) is 0 Å². The Labute approximate surface area is 210 Å². The molecule has 0 aliphatic carbocycles. The van der Waals surface area contributed by atoms with Gasteiger partial charge < -0.3 is 14.7 Å². The zero-order chi connectivity index (χ0) is 24.3. The van der Waals surface area contributed by atoms with E-state index in [-0.39, 0.29) is 23.2 Å². The van der Waals surface area contributed by atoms with E-state index in [9.17, 15) is 13.5 Å². The third-order valence-corrected chi connectivity index (χ3v) is 8.73. The van der Waals surface area contributed by atoms with Gasteiger partial charge in [0.05, 0.1) is 17.3 Å². The van der Waals surface area contributed by atoms with Crippen molar-refractivity contribution >= 4 is 37.3 Å². The van der Waals surface area contributed by atoms with E-state index >= 15 is 0 Å². The number of phenolic OH excluding ortho intramolecular Hbond substituents is 1. The number of anilines is 2. The molecule has 3 aromatic carbocycles. The lowest BCUT2D eigenvalue weighted by molar-refractivity contribution is 0.300. The number of aromatic hydroxyl groups is 1. The predicted molar refractivity (Wildman–Crippen MR) is 138 cm³/mol. The van der Waals surface area contributed by atoms with Crippen molar-refractivity contribution in [2.24, 2.45) is 0 Å². The first-order valence-corrected chi connectivity index (χ1v) is 13.6. The molecule has 1 aliphatic rings. The van der Waals surface area contributed by atoms with Crippen LogP contribution in [0.3, 0.4) is 0 Å². The number of hydrogen-bond donors (Lipinski definition) is 1. The maximum absolute atomic E-state index is 14.1. The molecular formula is C26H29BrN2O4S. The Kier molecular flexibility index (Phi) is 7.50. The molecule has 8 heteroatoms. The summed E-state index contributed by atoms with van der Waals surface area (Å²) in [6.45, 7) is 2.85. The number of rotatable bonds is 7. The van der Waals surface area contributed by atoms with Crippen molar-refractivity contribution in [3.63, 3.8) is 0 Å². The summed E-state index contributed by atoms with van der Waals surface area (Å²) in [5.74, 6) is 0.618. The molecule has 0 saturated heterocycles. The molecule has 6 nitrogen and oxygen atoms in total. The molecule has 0 spiro atoms. The number of fused-ring (bicyclic) bond motifs is 1. The van der Waals surface area contributed by atoms with Crippen molar-refractivity contribution in [2.45, 2.75) is 43.7 Å². The second-order valence-corrected chi connectivity index (χ2v) is 11.1. The van der Waals surface area contributed by atoms with Gasteiger partial charge in [0, 0.05) is 30.9 Å². The van der Waals surface area contributed by atoms with Gasteiger partial charge in [0.25, 0.3) is 0 Å². The highest BCUT2D eigenvalue weighted by molar-refractivity contribution is 9.10. The van der Waals surface area contributed by atoms with Gasteiger partial charge in [-0.15, -0.1) is 0 Å². The second kappa shape index (κ2) is 10.4. The molecule has 0 radical (unpaired) electrons. The van der Waals surface area contributed by atoms with Gasteiger partial charge in [0.2, 0.25) is 10.0 Å². The molecule has 1 aliphatic heterocycles. The molecule has 34 heavy (non-hydrogen) atoms. The Hall–Kier alpha value is -2.55. The van der Waals surface area contributed by atoms with Crippen molar-refractivity contribution in [3.05, 3.63) is 76.8 Å². The minimum Gasteiger partial charge on any atom is -0.507 e. The quantitative estimate of drug-likeness (QED) is 0.391. The van der Waals surface area contributed by atoms with Gasteiger partial charge in [0.15, 0.2) is 0 Å². The summed E-state index contributed by atoms with van der Waals surface area (Å²) in [5.41, 5.74) is 2.33. The van der Waals surface area contributed by atoms with Crippen molar-refractivity contribution in [2.75, 3.05) is 18.6 Å². The molecular weight excluding hydrogens is 516 g/mol. The number of unbranched alkanes of at least 4 members (excludes halogenated alkanes) is 1. The summed E-state index contributed by atoms with van der Waals surface area (Å²) in [6.07, 6.45) is 2.61. The molecule has 3 aromatic rings. The van der Waals surface area contributed by atoms with Crippen LogP contribution in [0.1, 0.15) is 31.7 Å². The van der Waals surface area contributed by atoms with E-state index in [4.69, 9.17) is 4.74 Å². The second-order valence-electron chi connectivity index (χ2n) is 8.41. The summed E-state index contributed by atoms with van der Waals surface area (Å²) < 4.78 is 35.5. The largest absolute Gasteiger partial charge is 0.507 e. The highest BCUT2D eigenvalue weighted by Gasteiger charge is 2.39. The topological polar surface area (TPSA) is 70.1 Å². The molecule has 0 saturated carbocycles. The first-order valence-electron chi connectivity index (χ1n) is 11.3. The van der Waals surface area contributed by atoms with Crippen molar-refractivity contribution < 1.29 is 18.3 Å². The van der Waals surface area contributed by atoms with Gasteiger partial charge in [-0.05, 0) is 58.2 Å². The Bertz CT molecular complexity index is 1230. The van der Waals surface area contributed by atoms with Gasteiger partial charge >= 0.3 is 0 Å². The van der Waals surface area contributed by atoms with E-state index in [0.29, 0.717) is 16.7 Å². The lowest BCUT2D eigenvalue weighted by Crippen LogP contribution is -2.43. The van der Waals surface area contributed by atoms with Crippen LogP contribution in [0.2, 0.25) is 0 Å². The summed E-state index contributed by atoms with van der Waals surface area (Å²) >= 11 is 3.38. The maximum Gasteiger partial charge on any atom is 0.245 e. The lowest BCUT2D eigenvalue weighted by Gasteiger charge is -2.31. The van der Waals surface area contributed by atoms with E-state index in [1.165, 1.54) is 6.07 Å². The van der Waals surface area contributed by atoms with Crippen LogP contribution in [0.4, 0.5) is 11.4 Å². The summed E-state index contributed by atoms with van der Waals surface area (Å²) in [4.78, 5) is 2.15. The molecule has 1 unspecified atom stereocenters. The zero-order valence-electron chi connectivity index (χ0n) is 19.3. The third kappa shape index (κ3) is 4.94. The number of phenols is 1. The van der Waals surface area contributed by atoms with E-state index in [0.717, 1.165) is 36.3 Å². The minimum absolute atomic E-state index is 0.101. The highest BCUT2D eigenvalue weighted by Crippen LogP contribution is 2.43. The molecule has 0 fully saturated rings. The summed E-state index contributed by atoms with van der Waals surface area (Å²) in [7, 11) is -2.31.